The second-order valence-corrected chi connectivity index (χ2v) is 7.22. The van der Waals surface area contributed by atoms with Crippen molar-refractivity contribution >= 4 is 28.7 Å². The second kappa shape index (κ2) is 5.43. The van der Waals surface area contributed by atoms with Gasteiger partial charge in [0.05, 0.1) is 4.34 Å². The average molecular weight is 298 g/mol. The molecule has 0 N–H and O–H groups in total. The van der Waals surface area contributed by atoms with Crippen molar-refractivity contribution in [3.63, 3.8) is 0 Å². The van der Waals surface area contributed by atoms with Crippen LogP contribution in [0.25, 0.3) is 0 Å². The van der Waals surface area contributed by atoms with Crippen LogP contribution >= 0.6 is 22.9 Å². The Morgan fingerprint density at radius 1 is 1.47 bits per heavy atom. The van der Waals surface area contributed by atoms with E-state index >= 15 is 0 Å². The van der Waals surface area contributed by atoms with Crippen molar-refractivity contribution in [2.75, 3.05) is 0 Å². The minimum absolute atomic E-state index is 0.141. The van der Waals surface area contributed by atoms with Gasteiger partial charge in [-0.05, 0) is 12.1 Å². The SMILES string of the molecule is CC(C)(C)C(=O)C(Cc1ccc(Cl)s1)n1cncn1. The molecule has 4 nitrogen and oxygen atoms in total. The maximum absolute atomic E-state index is 12.6. The molecule has 0 aliphatic heterocycles. The van der Waals surface area contributed by atoms with Gasteiger partial charge in [0.15, 0.2) is 5.78 Å². The van der Waals surface area contributed by atoms with Crippen molar-refractivity contribution in [2.24, 2.45) is 5.41 Å². The standard InChI is InChI=1S/C13H16ClN3OS/c1-13(2,3)12(18)10(17-8-15-7-16-17)6-9-4-5-11(14)19-9/h4-5,7-8,10H,6H2,1-3H3. The normalized spacial score (nSPS) is 13.5. The first kappa shape index (κ1) is 14.2. The Morgan fingerprint density at radius 2 is 2.21 bits per heavy atom. The van der Waals surface area contributed by atoms with Crippen molar-refractivity contribution in [2.45, 2.75) is 33.2 Å². The minimum Gasteiger partial charge on any atom is -0.297 e. The molecule has 0 aromatic carbocycles. The molecule has 0 saturated heterocycles. The fraction of sp³-hybridized carbons (Fsp3) is 0.462. The molecule has 2 heterocycles. The summed E-state index contributed by atoms with van der Waals surface area (Å²) in [6.07, 6.45) is 3.63. The third kappa shape index (κ3) is 3.42. The number of thiophene rings is 1. The predicted molar refractivity (Wildman–Crippen MR) is 76.6 cm³/mol. The summed E-state index contributed by atoms with van der Waals surface area (Å²) in [6, 6.07) is 3.46. The van der Waals surface area contributed by atoms with Crippen LogP contribution in [-0.4, -0.2) is 20.5 Å². The minimum atomic E-state index is -0.419. The Bertz CT molecular complexity index is 557. The topological polar surface area (TPSA) is 47.8 Å². The Balaban J connectivity index is 2.28. The zero-order valence-corrected chi connectivity index (χ0v) is 12.7. The largest absolute Gasteiger partial charge is 0.297 e. The Kier molecular flexibility index (Phi) is 4.06. The summed E-state index contributed by atoms with van der Waals surface area (Å²) in [4.78, 5) is 17.6. The highest BCUT2D eigenvalue weighted by molar-refractivity contribution is 7.16. The zero-order chi connectivity index (χ0) is 14.0. The first-order valence-electron chi connectivity index (χ1n) is 6.00. The monoisotopic (exact) mass is 297 g/mol. The Morgan fingerprint density at radius 3 is 2.68 bits per heavy atom. The van der Waals surface area contributed by atoms with Gasteiger partial charge in [-0.3, -0.25) is 4.79 Å². The lowest BCUT2D eigenvalue weighted by atomic mass is 9.85. The van der Waals surface area contributed by atoms with Crippen LogP contribution in [-0.2, 0) is 11.2 Å². The molecular weight excluding hydrogens is 282 g/mol. The lowest BCUT2D eigenvalue weighted by Crippen LogP contribution is -2.32. The number of ketones is 1. The van der Waals surface area contributed by atoms with Crippen molar-refractivity contribution in [1.82, 2.24) is 14.8 Å². The van der Waals surface area contributed by atoms with E-state index in [-0.39, 0.29) is 11.8 Å². The Labute approximate surface area is 121 Å². The highest BCUT2D eigenvalue weighted by Gasteiger charge is 2.31. The third-order valence-corrected chi connectivity index (χ3v) is 4.07. The maximum Gasteiger partial charge on any atom is 0.163 e. The highest BCUT2D eigenvalue weighted by Crippen LogP contribution is 2.29. The molecule has 19 heavy (non-hydrogen) atoms. The lowest BCUT2D eigenvalue weighted by Gasteiger charge is -2.24. The number of nitrogens with zero attached hydrogens (tertiary/aromatic N) is 3. The first-order valence-corrected chi connectivity index (χ1v) is 7.20. The van der Waals surface area contributed by atoms with Crippen LogP contribution in [0, 0.1) is 5.41 Å². The summed E-state index contributed by atoms with van der Waals surface area (Å²) in [5.74, 6) is 0.141. The highest BCUT2D eigenvalue weighted by atomic mass is 35.5. The van der Waals surface area contributed by atoms with Crippen LogP contribution in [0.15, 0.2) is 24.8 Å². The molecule has 0 saturated carbocycles. The van der Waals surface area contributed by atoms with E-state index in [9.17, 15) is 4.79 Å². The van der Waals surface area contributed by atoms with E-state index in [1.165, 1.54) is 17.7 Å². The van der Waals surface area contributed by atoms with E-state index in [1.807, 2.05) is 32.9 Å². The number of aromatic nitrogens is 3. The fourth-order valence-electron chi connectivity index (χ4n) is 1.84. The molecule has 102 valence electrons. The van der Waals surface area contributed by atoms with E-state index in [0.717, 1.165) is 9.21 Å². The molecular formula is C13H16ClN3OS. The quantitative estimate of drug-likeness (QED) is 0.869. The summed E-state index contributed by atoms with van der Waals surface area (Å²) in [6.45, 7) is 5.75. The van der Waals surface area contributed by atoms with E-state index in [0.29, 0.717) is 6.42 Å². The van der Waals surface area contributed by atoms with E-state index in [4.69, 9.17) is 11.6 Å². The molecule has 2 rings (SSSR count). The van der Waals surface area contributed by atoms with Gasteiger partial charge in [-0.25, -0.2) is 9.67 Å². The predicted octanol–water partition coefficient (Wildman–Crippen LogP) is 3.39. The molecule has 0 fully saturated rings. The number of carbonyl (C=O) groups is 1. The number of hydrogen-bond donors (Lipinski definition) is 0. The van der Waals surface area contributed by atoms with Gasteiger partial charge in [0.2, 0.25) is 0 Å². The number of halogens is 1. The average Bonchev–Trinajstić information content (AvgIpc) is 2.95. The molecule has 0 aliphatic rings. The summed E-state index contributed by atoms with van der Waals surface area (Å²) in [5, 5.41) is 4.11. The van der Waals surface area contributed by atoms with Crippen molar-refractivity contribution in [1.29, 1.82) is 0 Å². The molecule has 0 amide bonds. The number of rotatable bonds is 4. The number of Topliss-reactive ketones (excluding diaryl/α,β-unsaturated/α-hetero) is 1. The molecule has 2 aromatic rings. The van der Waals surface area contributed by atoms with Crippen molar-refractivity contribution in [3.8, 4) is 0 Å². The summed E-state index contributed by atoms with van der Waals surface area (Å²) in [7, 11) is 0. The zero-order valence-electron chi connectivity index (χ0n) is 11.1. The van der Waals surface area contributed by atoms with Gasteiger partial charge in [-0.1, -0.05) is 32.4 Å². The fourth-order valence-corrected chi connectivity index (χ4v) is 2.96. The second-order valence-electron chi connectivity index (χ2n) is 5.42. The molecule has 0 spiro atoms. The van der Waals surface area contributed by atoms with Crippen LogP contribution in [0.4, 0.5) is 0 Å². The van der Waals surface area contributed by atoms with Gasteiger partial charge >= 0.3 is 0 Å². The van der Waals surface area contributed by atoms with Gasteiger partial charge in [0.25, 0.3) is 0 Å². The van der Waals surface area contributed by atoms with E-state index < -0.39 is 5.41 Å². The number of carbonyl (C=O) groups excluding carboxylic acids is 1. The van der Waals surface area contributed by atoms with Gasteiger partial charge in [-0.15, -0.1) is 11.3 Å². The molecule has 0 bridgehead atoms. The molecule has 0 radical (unpaired) electrons. The smallest absolute Gasteiger partial charge is 0.163 e. The van der Waals surface area contributed by atoms with Crippen LogP contribution in [0.3, 0.4) is 0 Å². The van der Waals surface area contributed by atoms with Gasteiger partial charge in [0, 0.05) is 16.7 Å². The Hall–Kier alpha value is -1.20. The third-order valence-electron chi connectivity index (χ3n) is 2.82. The van der Waals surface area contributed by atoms with E-state index in [2.05, 4.69) is 10.1 Å². The van der Waals surface area contributed by atoms with Crippen LogP contribution in [0.5, 0.6) is 0 Å². The molecule has 1 unspecified atom stereocenters. The van der Waals surface area contributed by atoms with Gasteiger partial charge in [-0.2, -0.15) is 5.10 Å². The molecule has 0 aliphatic carbocycles. The number of hydrogen-bond acceptors (Lipinski definition) is 4. The van der Waals surface area contributed by atoms with Gasteiger partial charge in [0.1, 0.15) is 18.7 Å². The van der Waals surface area contributed by atoms with Crippen molar-refractivity contribution < 1.29 is 4.79 Å². The lowest BCUT2D eigenvalue weighted by molar-refractivity contribution is -0.130. The summed E-state index contributed by atoms with van der Waals surface area (Å²) >= 11 is 7.43. The maximum atomic E-state index is 12.6. The molecule has 2 aromatic heterocycles. The van der Waals surface area contributed by atoms with E-state index in [1.54, 1.807) is 11.0 Å². The molecule has 1 atom stereocenters. The van der Waals surface area contributed by atoms with Gasteiger partial charge < -0.3 is 0 Å². The van der Waals surface area contributed by atoms with Crippen LogP contribution in [0.1, 0.15) is 31.7 Å². The summed E-state index contributed by atoms with van der Waals surface area (Å²) in [5.41, 5.74) is -0.419. The van der Waals surface area contributed by atoms with Crippen LogP contribution in [0.2, 0.25) is 4.34 Å². The van der Waals surface area contributed by atoms with Crippen LogP contribution < -0.4 is 0 Å². The summed E-state index contributed by atoms with van der Waals surface area (Å²) < 4.78 is 2.36. The first-order chi connectivity index (χ1) is 8.88. The molecule has 6 heteroatoms. The van der Waals surface area contributed by atoms with Crippen molar-refractivity contribution in [3.05, 3.63) is 34.0 Å².